The number of thiophene rings is 1. The van der Waals surface area contributed by atoms with E-state index in [1.54, 1.807) is 23.0 Å². The molecular formula is C37H40N6O4S. The number of carbonyl (C=O) groups is 2. The van der Waals surface area contributed by atoms with Crippen LogP contribution >= 0.6 is 11.3 Å². The Kier molecular flexibility index (Phi) is 8.51. The van der Waals surface area contributed by atoms with Crippen molar-refractivity contribution < 1.29 is 14.7 Å². The maximum Gasteiger partial charge on any atom is 0.264 e. The Labute approximate surface area is 283 Å². The van der Waals surface area contributed by atoms with Gasteiger partial charge in [0, 0.05) is 68.0 Å². The Hall–Kier alpha value is -4.61. The third-order valence-electron chi connectivity index (χ3n) is 10.1. The van der Waals surface area contributed by atoms with Crippen LogP contribution < -0.4 is 5.56 Å². The number of rotatable bonds is 6. The molecule has 0 aliphatic carbocycles. The van der Waals surface area contributed by atoms with Gasteiger partial charge in [-0.2, -0.15) is 0 Å². The molecule has 6 heterocycles. The third-order valence-corrected chi connectivity index (χ3v) is 11.3. The molecule has 48 heavy (non-hydrogen) atoms. The van der Waals surface area contributed by atoms with Gasteiger partial charge < -0.3 is 19.5 Å². The van der Waals surface area contributed by atoms with Crippen molar-refractivity contribution in [3.63, 3.8) is 0 Å². The molecule has 0 spiro atoms. The molecule has 10 nitrogen and oxygen atoms in total. The van der Waals surface area contributed by atoms with Crippen molar-refractivity contribution in [2.24, 2.45) is 13.0 Å². The van der Waals surface area contributed by atoms with Crippen molar-refractivity contribution >= 4 is 34.2 Å². The summed E-state index contributed by atoms with van der Waals surface area (Å²) in [5.41, 5.74) is 3.29. The highest BCUT2D eigenvalue weighted by atomic mass is 32.1. The lowest BCUT2D eigenvalue weighted by molar-refractivity contribution is -0.142. The molecule has 2 aliphatic heterocycles. The molecule has 248 valence electrons. The molecule has 0 bridgehead atoms. The number of piperidine rings is 2. The largest absolute Gasteiger partial charge is 0.388 e. The van der Waals surface area contributed by atoms with E-state index in [1.165, 1.54) is 22.2 Å². The summed E-state index contributed by atoms with van der Waals surface area (Å²) >= 11 is 1.51. The minimum absolute atomic E-state index is 0.00261. The lowest BCUT2D eigenvalue weighted by atomic mass is 9.79. The normalized spacial score (nSPS) is 19.5. The van der Waals surface area contributed by atoms with Gasteiger partial charge in [-0.1, -0.05) is 30.3 Å². The van der Waals surface area contributed by atoms with Gasteiger partial charge in [0.15, 0.2) is 0 Å². The van der Waals surface area contributed by atoms with Crippen LogP contribution in [0.5, 0.6) is 0 Å². The number of aliphatic hydroxyl groups is 1. The molecule has 4 aromatic heterocycles. The maximum atomic E-state index is 14.2. The topological polar surface area (TPSA) is 114 Å². The Morgan fingerprint density at radius 2 is 1.77 bits per heavy atom. The smallest absolute Gasteiger partial charge is 0.264 e. The van der Waals surface area contributed by atoms with E-state index in [-0.39, 0.29) is 35.8 Å². The van der Waals surface area contributed by atoms with Gasteiger partial charge in [0.05, 0.1) is 22.4 Å². The Morgan fingerprint density at radius 1 is 1.00 bits per heavy atom. The van der Waals surface area contributed by atoms with Crippen molar-refractivity contribution in [2.75, 3.05) is 26.2 Å². The fourth-order valence-electron chi connectivity index (χ4n) is 7.30. The van der Waals surface area contributed by atoms with Crippen molar-refractivity contribution in [1.29, 1.82) is 0 Å². The van der Waals surface area contributed by atoms with E-state index < -0.39 is 5.60 Å². The number of carbonyl (C=O) groups excluding carboxylic acids is 2. The fraction of sp³-hybridized carbons (Fsp3) is 0.378. The highest BCUT2D eigenvalue weighted by molar-refractivity contribution is 7.17. The summed E-state index contributed by atoms with van der Waals surface area (Å²) in [6, 6.07) is 17.8. The Morgan fingerprint density at radius 3 is 2.52 bits per heavy atom. The molecule has 0 unspecified atom stereocenters. The molecule has 1 N–H and O–H groups in total. The second-order valence-corrected chi connectivity index (χ2v) is 14.4. The van der Waals surface area contributed by atoms with Gasteiger partial charge in [-0.25, -0.2) is 4.98 Å². The number of nitrogens with zero attached hydrogens (tertiary/aromatic N) is 6. The molecule has 5 aromatic rings. The van der Waals surface area contributed by atoms with Gasteiger partial charge in [-0.3, -0.25) is 23.9 Å². The van der Waals surface area contributed by atoms with Crippen molar-refractivity contribution in [3.8, 4) is 10.4 Å². The third kappa shape index (κ3) is 6.08. The average molecular weight is 665 g/mol. The molecule has 11 heteroatoms. The summed E-state index contributed by atoms with van der Waals surface area (Å²) in [5, 5.41) is 12.0. The summed E-state index contributed by atoms with van der Waals surface area (Å²) in [4.78, 5) is 55.5. The molecule has 2 saturated heterocycles. The predicted octanol–water partition coefficient (Wildman–Crippen LogP) is 4.77. The average Bonchev–Trinajstić information content (AvgIpc) is 3.68. The van der Waals surface area contributed by atoms with Gasteiger partial charge in [0.25, 0.3) is 11.5 Å². The summed E-state index contributed by atoms with van der Waals surface area (Å²) in [6.45, 7) is 5.82. The number of pyridine rings is 1. The molecule has 0 saturated carbocycles. The highest BCUT2D eigenvalue weighted by Gasteiger charge is 2.42. The first kappa shape index (κ1) is 32.0. The van der Waals surface area contributed by atoms with Crippen molar-refractivity contribution in [3.05, 3.63) is 105 Å². The predicted molar refractivity (Wildman–Crippen MR) is 186 cm³/mol. The van der Waals surface area contributed by atoms with Crippen LogP contribution in [0.15, 0.2) is 78.1 Å². The van der Waals surface area contributed by atoms with Gasteiger partial charge in [-0.15, -0.1) is 11.3 Å². The van der Waals surface area contributed by atoms with Crippen LogP contribution in [0.1, 0.15) is 51.7 Å². The summed E-state index contributed by atoms with van der Waals surface area (Å²) in [7, 11) is 1.84. The fourth-order valence-corrected chi connectivity index (χ4v) is 8.43. The highest BCUT2D eigenvalue weighted by Crippen LogP contribution is 2.38. The molecule has 2 aliphatic rings. The number of likely N-dealkylation sites (tertiary alicyclic amines) is 2. The first-order chi connectivity index (χ1) is 23.1. The first-order valence-corrected chi connectivity index (χ1v) is 17.3. The monoisotopic (exact) mass is 664 g/mol. The molecule has 2 atom stereocenters. The van der Waals surface area contributed by atoms with Gasteiger partial charge in [-0.05, 0) is 74.1 Å². The van der Waals surface area contributed by atoms with E-state index in [0.717, 1.165) is 32.1 Å². The van der Waals surface area contributed by atoms with Crippen LogP contribution in [0.2, 0.25) is 0 Å². The van der Waals surface area contributed by atoms with E-state index in [0.29, 0.717) is 56.5 Å². The summed E-state index contributed by atoms with van der Waals surface area (Å²) in [5.74, 6) is -0.371. The van der Waals surface area contributed by atoms with E-state index in [4.69, 9.17) is 0 Å². The number of benzene rings is 1. The molecule has 1 aromatic carbocycles. The van der Waals surface area contributed by atoms with Crippen LogP contribution in [0.4, 0.5) is 0 Å². The quantitative estimate of drug-likeness (QED) is 0.280. The van der Waals surface area contributed by atoms with Crippen LogP contribution in [-0.2, 0) is 18.4 Å². The molecule has 2 fully saturated rings. The van der Waals surface area contributed by atoms with Crippen molar-refractivity contribution in [2.45, 2.75) is 51.2 Å². The van der Waals surface area contributed by atoms with E-state index in [9.17, 15) is 19.5 Å². The van der Waals surface area contributed by atoms with Gasteiger partial charge in [0.1, 0.15) is 12.0 Å². The van der Waals surface area contributed by atoms with Crippen LogP contribution in [0, 0.1) is 19.8 Å². The minimum atomic E-state index is -1.12. The standard InChI is InChI=1S/C37H40N6O4S/c1-24-19-31(27-9-14-38-25(2)20-27)48-32(24)36(46)42-16-11-28(30(21-42)26-7-5-4-6-8-26)34(44)41-17-12-37(47,13-18-41)22-43-23-39-33-29(35(43)45)10-15-40(33)3/h4-10,14-15,19-20,23,28,30,47H,11-13,16-18,21-22H2,1-3H3/t28-,30+/m1/s1. The second kappa shape index (κ2) is 12.8. The summed E-state index contributed by atoms with van der Waals surface area (Å²) < 4.78 is 3.28. The lowest BCUT2D eigenvalue weighted by Crippen LogP contribution is -2.53. The number of aryl methyl sites for hydroxylation is 3. The second-order valence-electron chi connectivity index (χ2n) is 13.4. The van der Waals surface area contributed by atoms with E-state index in [2.05, 4.69) is 16.0 Å². The summed E-state index contributed by atoms with van der Waals surface area (Å²) in [6.07, 6.45) is 6.38. The van der Waals surface area contributed by atoms with Crippen molar-refractivity contribution in [1.82, 2.24) is 28.9 Å². The number of aromatic nitrogens is 4. The zero-order valence-corrected chi connectivity index (χ0v) is 28.3. The lowest BCUT2D eigenvalue weighted by Gasteiger charge is -2.43. The SMILES string of the molecule is Cc1cc(-c2cc(C)c(C(=O)N3CC[C@@H](C(=O)N4CCC(O)(Cn5cnc6c(ccn6C)c5=O)CC4)[C@H](c4ccccc4)C3)s2)ccn1. The maximum absolute atomic E-state index is 14.2. The molecule has 0 radical (unpaired) electrons. The number of hydrogen-bond donors (Lipinski definition) is 1. The Balaban J connectivity index is 1.05. The van der Waals surface area contributed by atoms with Crippen LogP contribution in [-0.4, -0.2) is 77.6 Å². The Bertz CT molecular complexity index is 2040. The zero-order chi connectivity index (χ0) is 33.6. The van der Waals surface area contributed by atoms with Crippen LogP contribution in [0.25, 0.3) is 21.5 Å². The number of hydrogen-bond acceptors (Lipinski definition) is 7. The molecular weight excluding hydrogens is 625 g/mol. The van der Waals surface area contributed by atoms with Crippen LogP contribution in [0.3, 0.4) is 0 Å². The van der Waals surface area contributed by atoms with Gasteiger partial charge >= 0.3 is 0 Å². The molecule has 2 amide bonds. The first-order valence-electron chi connectivity index (χ1n) is 16.5. The minimum Gasteiger partial charge on any atom is -0.388 e. The number of fused-ring (bicyclic) bond motifs is 1. The van der Waals surface area contributed by atoms with Gasteiger partial charge in [0.2, 0.25) is 5.91 Å². The zero-order valence-electron chi connectivity index (χ0n) is 27.5. The van der Waals surface area contributed by atoms with E-state index >= 15 is 0 Å². The molecule has 7 rings (SSSR count). The number of amides is 2. The van der Waals surface area contributed by atoms with E-state index in [1.807, 2.05) is 73.2 Å².